The molecular weight excluding hydrogens is 424 g/mol. The van der Waals surface area contributed by atoms with Gasteiger partial charge in [0.15, 0.2) is 0 Å². The van der Waals surface area contributed by atoms with E-state index < -0.39 is 0 Å². The highest BCUT2D eigenvalue weighted by Crippen LogP contribution is 2.61. The molecule has 6 nitrogen and oxygen atoms in total. The summed E-state index contributed by atoms with van der Waals surface area (Å²) in [5.74, 6) is 5.56. The summed E-state index contributed by atoms with van der Waals surface area (Å²) < 4.78 is 0. The fraction of sp³-hybridized carbons (Fsp3) is 0.821. The molecule has 1 aliphatic heterocycles. The summed E-state index contributed by atoms with van der Waals surface area (Å²) in [4.78, 5) is 36.2. The smallest absolute Gasteiger partial charge is 0.235 e. The molecule has 9 aliphatic rings. The molecular formula is C28H40N4O2. The maximum absolute atomic E-state index is 13.9. The maximum atomic E-state index is 13.9. The number of guanidine groups is 1. The van der Waals surface area contributed by atoms with E-state index in [4.69, 9.17) is 4.99 Å². The van der Waals surface area contributed by atoms with Crippen LogP contribution < -0.4 is 5.32 Å². The monoisotopic (exact) mass is 464 g/mol. The second-order valence-corrected chi connectivity index (χ2v) is 13.5. The molecule has 2 amide bonds. The Morgan fingerprint density at radius 3 is 1.62 bits per heavy atom. The molecule has 8 saturated carbocycles. The van der Waals surface area contributed by atoms with Gasteiger partial charge in [0.25, 0.3) is 0 Å². The van der Waals surface area contributed by atoms with Gasteiger partial charge < -0.3 is 10.2 Å². The largest absolute Gasteiger partial charge is 0.333 e. The van der Waals surface area contributed by atoms with Crippen molar-refractivity contribution in [3.8, 4) is 0 Å². The van der Waals surface area contributed by atoms with E-state index in [1.54, 1.807) is 4.90 Å². The van der Waals surface area contributed by atoms with Crippen molar-refractivity contribution >= 4 is 17.8 Å². The summed E-state index contributed by atoms with van der Waals surface area (Å²) >= 11 is 0. The third-order valence-electron chi connectivity index (χ3n) is 11.1. The quantitative estimate of drug-likeness (QED) is 0.683. The van der Waals surface area contributed by atoms with Gasteiger partial charge in [-0.05, 0) is 119 Å². The van der Waals surface area contributed by atoms with Gasteiger partial charge in [0, 0.05) is 20.3 Å². The van der Waals surface area contributed by atoms with E-state index in [-0.39, 0.29) is 28.8 Å². The Morgan fingerprint density at radius 1 is 0.765 bits per heavy atom. The number of carbonyl (C=O) groups is 2. The van der Waals surface area contributed by atoms with Gasteiger partial charge >= 0.3 is 0 Å². The first-order valence-electron chi connectivity index (χ1n) is 13.9. The molecule has 1 atom stereocenters. The predicted molar refractivity (Wildman–Crippen MR) is 130 cm³/mol. The highest BCUT2D eigenvalue weighted by molar-refractivity contribution is 6.00. The zero-order chi connectivity index (χ0) is 23.2. The van der Waals surface area contributed by atoms with Gasteiger partial charge in [-0.15, -0.1) is 0 Å². The molecule has 8 bridgehead atoms. The van der Waals surface area contributed by atoms with Crippen molar-refractivity contribution in [2.24, 2.45) is 51.3 Å². The van der Waals surface area contributed by atoms with E-state index in [2.05, 4.69) is 5.32 Å². The minimum Gasteiger partial charge on any atom is -0.333 e. The Balaban J connectivity index is 1.09. The highest BCUT2D eigenvalue weighted by atomic mass is 16.2. The van der Waals surface area contributed by atoms with Crippen LogP contribution in [0.5, 0.6) is 0 Å². The van der Waals surface area contributed by atoms with E-state index in [1.807, 2.05) is 31.3 Å². The topological polar surface area (TPSA) is 65.0 Å². The molecule has 9 rings (SSSR count). The van der Waals surface area contributed by atoms with Crippen molar-refractivity contribution < 1.29 is 9.59 Å². The molecule has 1 N–H and O–H groups in total. The van der Waals surface area contributed by atoms with Crippen LogP contribution in [0.25, 0.3) is 0 Å². The van der Waals surface area contributed by atoms with E-state index >= 15 is 0 Å². The van der Waals surface area contributed by atoms with Crippen molar-refractivity contribution in [2.75, 3.05) is 14.1 Å². The molecule has 0 aromatic carbocycles. The fourth-order valence-corrected chi connectivity index (χ4v) is 10.5. The minimum absolute atomic E-state index is 0.168. The number of amides is 2. The second kappa shape index (κ2) is 7.33. The highest BCUT2D eigenvalue weighted by Gasteiger charge is 2.57. The third kappa shape index (κ3) is 3.15. The predicted octanol–water partition coefficient (Wildman–Crippen LogP) is 4.14. The SMILES string of the molecule is CN(C(=O)C12CC3CC(CC(C3)C1)C2)C1=NC(N(C)C(=O)C23CC4CC(CC(C4)C2)C3)C=CN1. The lowest BCUT2D eigenvalue weighted by molar-refractivity contribution is -0.157. The Kier molecular flexibility index (Phi) is 4.62. The number of carbonyl (C=O) groups excluding carboxylic acids is 2. The Labute approximate surface area is 203 Å². The van der Waals surface area contributed by atoms with Crippen molar-refractivity contribution in [1.82, 2.24) is 15.1 Å². The summed E-state index contributed by atoms with van der Waals surface area (Å²) in [6.45, 7) is 0. The van der Waals surface area contributed by atoms with Gasteiger partial charge in [-0.1, -0.05) is 0 Å². The standard InChI is InChI=1S/C28H40N4O2/c1-31(24(33)27-11-17-5-18(12-27)7-19(6-17)13-27)23-3-4-29-26(30-23)32(2)25(34)28-14-20-8-21(15-28)10-22(9-20)16-28/h3-4,17-23H,5-16H2,1-2H3,(H,29,30). The van der Waals surface area contributed by atoms with Gasteiger partial charge in [-0.25, -0.2) is 4.99 Å². The van der Waals surface area contributed by atoms with Gasteiger partial charge in [0.2, 0.25) is 17.8 Å². The van der Waals surface area contributed by atoms with Gasteiger partial charge in [0.1, 0.15) is 6.17 Å². The number of nitrogens with zero attached hydrogens (tertiary/aromatic N) is 3. The summed E-state index contributed by atoms with van der Waals surface area (Å²) in [5.41, 5.74) is -0.357. The molecule has 0 aromatic rings. The molecule has 1 unspecified atom stereocenters. The average Bonchev–Trinajstić information content (AvgIpc) is 2.80. The lowest BCUT2D eigenvalue weighted by Gasteiger charge is -2.56. The number of aliphatic imine (C=N–C) groups is 1. The molecule has 6 heteroatoms. The molecule has 0 aromatic heterocycles. The van der Waals surface area contributed by atoms with E-state index in [9.17, 15) is 9.59 Å². The van der Waals surface area contributed by atoms with Crippen LogP contribution in [0.1, 0.15) is 77.0 Å². The number of rotatable bonds is 3. The van der Waals surface area contributed by atoms with Crippen molar-refractivity contribution in [3.63, 3.8) is 0 Å². The van der Waals surface area contributed by atoms with Crippen LogP contribution in [-0.4, -0.2) is 47.8 Å². The Hall–Kier alpha value is -1.85. The van der Waals surface area contributed by atoms with Gasteiger partial charge in [-0.2, -0.15) is 0 Å². The van der Waals surface area contributed by atoms with Crippen molar-refractivity contribution in [1.29, 1.82) is 0 Å². The molecule has 8 fully saturated rings. The van der Waals surface area contributed by atoms with Crippen molar-refractivity contribution in [3.05, 3.63) is 12.3 Å². The fourth-order valence-electron chi connectivity index (χ4n) is 10.5. The van der Waals surface area contributed by atoms with Gasteiger partial charge in [0.05, 0.1) is 10.8 Å². The van der Waals surface area contributed by atoms with Crippen LogP contribution in [0.15, 0.2) is 17.3 Å². The van der Waals surface area contributed by atoms with Crippen LogP contribution in [0.3, 0.4) is 0 Å². The van der Waals surface area contributed by atoms with Crippen LogP contribution in [0, 0.1) is 46.3 Å². The zero-order valence-electron chi connectivity index (χ0n) is 20.8. The molecule has 0 spiro atoms. The summed E-state index contributed by atoms with van der Waals surface area (Å²) in [6.07, 6.45) is 17.9. The lowest BCUT2D eigenvalue weighted by Crippen LogP contribution is -2.57. The first-order chi connectivity index (χ1) is 16.3. The summed E-state index contributed by atoms with van der Waals surface area (Å²) in [5, 5.41) is 3.23. The first kappa shape index (κ1) is 21.4. The van der Waals surface area contributed by atoms with Crippen LogP contribution >= 0.6 is 0 Å². The number of likely N-dealkylation sites (N-methyl/N-ethyl adjacent to an activating group) is 1. The van der Waals surface area contributed by atoms with Crippen molar-refractivity contribution in [2.45, 2.75) is 83.2 Å². The van der Waals surface area contributed by atoms with Crippen LogP contribution in [0.4, 0.5) is 0 Å². The van der Waals surface area contributed by atoms with Crippen LogP contribution in [-0.2, 0) is 9.59 Å². The van der Waals surface area contributed by atoms with E-state index in [0.29, 0.717) is 5.96 Å². The Morgan fingerprint density at radius 2 is 1.18 bits per heavy atom. The van der Waals surface area contributed by atoms with Gasteiger partial charge in [-0.3, -0.25) is 14.5 Å². The normalized spacial score (nSPS) is 47.4. The molecule has 0 saturated heterocycles. The zero-order valence-corrected chi connectivity index (χ0v) is 20.8. The van der Waals surface area contributed by atoms with E-state index in [0.717, 1.165) is 74.0 Å². The summed E-state index contributed by atoms with van der Waals surface area (Å²) in [6, 6.07) is 0. The molecule has 8 aliphatic carbocycles. The number of hydrogen-bond acceptors (Lipinski definition) is 4. The molecule has 0 radical (unpaired) electrons. The second-order valence-electron chi connectivity index (χ2n) is 13.5. The number of nitrogens with one attached hydrogen (secondary N) is 1. The Bertz CT molecular complexity index is 897. The minimum atomic E-state index is -0.344. The van der Waals surface area contributed by atoms with E-state index in [1.165, 1.54) is 38.5 Å². The molecule has 184 valence electrons. The lowest BCUT2D eigenvalue weighted by atomic mass is 9.49. The summed E-state index contributed by atoms with van der Waals surface area (Å²) in [7, 11) is 3.80. The average molecular weight is 465 g/mol. The maximum Gasteiger partial charge on any atom is 0.235 e. The number of hydrogen-bond donors (Lipinski definition) is 1. The van der Waals surface area contributed by atoms with Crippen LogP contribution in [0.2, 0.25) is 0 Å². The molecule has 1 heterocycles. The third-order valence-corrected chi connectivity index (χ3v) is 11.1. The molecule has 34 heavy (non-hydrogen) atoms. The first-order valence-corrected chi connectivity index (χ1v) is 13.9.